The van der Waals surface area contributed by atoms with Gasteiger partial charge in [-0.2, -0.15) is 0 Å². The van der Waals surface area contributed by atoms with Gasteiger partial charge in [-0.3, -0.25) is 4.79 Å². The summed E-state index contributed by atoms with van der Waals surface area (Å²) in [6, 6.07) is 11.4. The summed E-state index contributed by atoms with van der Waals surface area (Å²) in [7, 11) is 1.81. The molecule has 0 aliphatic rings. The molecule has 2 rings (SSSR count). The zero-order valence-corrected chi connectivity index (χ0v) is 23.3. The number of hydrogen-bond acceptors (Lipinski definition) is 4. The second kappa shape index (κ2) is 19.6. The van der Waals surface area contributed by atoms with Gasteiger partial charge < -0.3 is 10.1 Å². The lowest BCUT2D eigenvalue weighted by Crippen LogP contribution is -2.09. The van der Waals surface area contributed by atoms with Gasteiger partial charge in [0.25, 0.3) is 0 Å². The van der Waals surface area contributed by atoms with Crippen LogP contribution >= 0.6 is 0 Å². The van der Waals surface area contributed by atoms with E-state index >= 15 is 0 Å². The average Bonchev–Trinajstić information content (AvgIpc) is 3.02. The number of rotatable bonds is 4. The molecule has 0 aromatic heterocycles. The van der Waals surface area contributed by atoms with Crippen LogP contribution in [0, 0.1) is 137 Å². The molecule has 0 bridgehead atoms. The first-order valence-electron chi connectivity index (χ1n) is 12.1. The van der Waals surface area contributed by atoms with Crippen LogP contribution in [0.1, 0.15) is 64.6 Å². The van der Waals surface area contributed by atoms with Gasteiger partial charge in [-0.15, -0.1) is 0 Å². The Bertz CT molecular complexity index is 2200. The number of ether oxygens (including phenoxy) is 1. The Morgan fingerprint density at radius 2 is 1.02 bits per heavy atom. The van der Waals surface area contributed by atoms with E-state index in [1.54, 1.807) is 13.0 Å². The Hall–Kier alpha value is -7.46. The Balaban J connectivity index is -0.0000000463. The summed E-state index contributed by atoms with van der Waals surface area (Å²) >= 11 is 0. The molecular formula is C39H61NO3. The van der Waals surface area contributed by atoms with E-state index in [1.807, 2.05) is 26.1 Å². The van der Waals surface area contributed by atoms with E-state index in [4.69, 9.17) is 4.74 Å². The first-order chi connectivity index (χ1) is 21.0. The summed E-state index contributed by atoms with van der Waals surface area (Å²) in [5.41, 5.74) is 2.34. The molecule has 0 amide bonds. The van der Waals surface area contributed by atoms with E-state index in [0.29, 0.717) is 16.9 Å². The van der Waals surface area contributed by atoms with Crippen molar-refractivity contribution in [3.8, 4) is 136 Å². The van der Waals surface area contributed by atoms with Gasteiger partial charge in [0.1, 0.15) is 5.75 Å². The molecular weight excluding hydrogens is 530 g/mol. The first-order valence-corrected chi connectivity index (χ1v) is 12.1. The van der Waals surface area contributed by atoms with Crippen molar-refractivity contribution in [1.82, 2.24) is 0 Å². The molecule has 43 heavy (non-hydrogen) atoms. The highest BCUT2D eigenvalue weighted by Gasteiger charge is 2.12. The minimum absolute atomic E-state index is 0. The SMILES string of the molecule is CC#CC#CC#CC#CC#CC#CC#CC#CC#CC#CC#CC(=O)c1ccc(C(=O)Oc2ccc(NC)cc2C)cc1.[HH].[HH].[HH].[HH].[HH].[HH].[HH].[HH].[HH].[HH].[HH].[HH].[HH].[HH].[HH].[HH].[HH].[HH].[HH].[HH].[HH].[HH]. The number of Topliss-reactive ketones (excluding diaryl/α,β-unsaturated/α-hetero) is 1. The molecule has 0 aliphatic heterocycles. The van der Waals surface area contributed by atoms with E-state index in [-0.39, 0.29) is 31.4 Å². The van der Waals surface area contributed by atoms with Crippen LogP contribution in [0.4, 0.5) is 5.69 Å². The number of ketones is 1. The summed E-state index contributed by atoms with van der Waals surface area (Å²) in [5, 5.41) is 3.02. The average molecular weight is 592 g/mol. The maximum absolute atomic E-state index is 12.5. The van der Waals surface area contributed by atoms with E-state index in [2.05, 4.69) is 136 Å². The number of carbonyl (C=O) groups excluding carboxylic acids is 2. The maximum atomic E-state index is 12.5. The molecule has 0 saturated carbocycles. The predicted octanol–water partition coefficient (Wildman–Crippen LogP) is 8.91. The lowest BCUT2D eigenvalue weighted by Gasteiger charge is -2.09. The molecule has 1 N–H and O–H groups in total. The maximum Gasteiger partial charge on any atom is 0.343 e. The van der Waals surface area contributed by atoms with Crippen LogP contribution in [0.3, 0.4) is 0 Å². The lowest BCUT2D eigenvalue weighted by molar-refractivity contribution is 0.0733. The summed E-state index contributed by atoms with van der Waals surface area (Å²) in [6.45, 7) is 3.53. The third kappa shape index (κ3) is 13.2. The monoisotopic (exact) mass is 591 g/mol. The summed E-state index contributed by atoms with van der Waals surface area (Å²) in [6.07, 6.45) is 0. The zero-order chi connectivity index (χ0) is 31.0. The Kier molecular flexibility index (Phi) is 14.5. The smallest absolute Gasteiger partial charge is 0.343 e. The van der Waals surface area contributed by atoms with Gasteiger partial charge in [0.05, 0.1) is 5.56 Å². The fourth-order valence-corrected chi connectivity index (χ4v) is 2.62. The second-order valence-electron chi connectivity index (χ2n) is 7.40. The largest absolute Gasteiger partial charge is 0.423 e. The van der Waals surface area contributed by atoms with Crippen molar-refractivity contribution in [2.24, 2.45) is 0 Å². The van der Waals surface area contributed by atoms with Crippen molar-refractivity contribution in [2.75, 3.05) is 12.4 Å². The van der Waals surface area contributed by atoms with Gasteiger partial charge in [-0.1, -0.05) is 5.92 Å². The number of aryl methyl sites for hydroxylation is 1. The molecule has 0 unspecified atom stereocenters. The first kappa shape index (κ1) is 31.8. The van der Waals surface area contributed by atoms with Gasteiger partial charge in [-0.05, 0) is 163 Å². The molecule has 2 aromatic carbocycles. The Morgan fingerprint density at radius 1 is 0.605 bits per heavy atom. The number of benzene rings is 2. The fourth-order valence-electron chi connectivity index (χ4n) is 2.62. The second-order valence-corrected chi connectivity index (χ2v) is 7.40. The molecule has 4 nitrogen and oxygen atoms in total. The van der Waals surface area contributed by atoms with Crippen molar-refractivity contribution in [3.05, 3.63) is 59.2 Å². The standard InChI is InChI=1S/C39H17NO3.22H2/c1-4-5-6-7-8-9-10-11-12-13-14-15-16-17-18-19-20-21-22-23-24-25-37(41)34-26-28-35(29-27-34)39(42)43-38-31-30-36(40-3)32-33(38)2;;;;;;;;;;;;;;;;;;;;;;/h26-32,40H,1-3H3;22*1H. The highest BCUT2D eigenvalue weighted by Crippen LogP contribution is 2.22. The summed E-state index contributed by atoms with van der Waals surface area (Å²) in [5.74, 6) is 54.4. The number of anilines is 1. The highest BCUT2D eigenvalue weighted by molar-refractivity contribution is 6.09. The van der Waals surface area contributed by atoms with E-state index in [9.17, 15) is 9.59 Å². The van der Waals surface area contributed by atoms with Crippen LogP contribution in [-0.4, -0.2) is 18.8 Å². The zero-order valence-electron chi connectivity index (χ0n) is 23.3. The summed E-state index contributed by atoms with van der Waals surface area (Å²) < 4.78 is 5.46. The summed E-state index contributed by atoms with van der Waals surface area (Å²) in [4.78, 5) is 24.7. The van der Waals surface area contributed by atoms with Crippen LogP contribution < -0.4 is 10.1 Å². The lowest BCUT2D eigenvalue weighted by atomic mass is 10.1. The number of esters is 1. The predicted molar refractivity (Wildman–Crippen MR) is 214 cm³/mol. The van der Waals surface area contributed by atoms with Crippen molar-refractivity contribution < 1.29 is 45.7 Å². The topological polar surface area (TPSA) is 55.4 Å². The molecule has 2 aromatic rings. The highest BCUT2D eigenvalue weighted by atomic mass is 16.5. The third-order valence-electron chi connectivity index (χ3n) is 4.54. The molecule has 0 spiro atoms. The molecule has 0 aliphatic carbocycles. The molecule has 0 atom stereocenters. The number of nitrogens with one attached hydrogen (secondary N) is 1. The van der Waals surface area contributed by atoms with Gasteiger partial charge >= 0.3 is 5.97 Å². The number of carbonyl (C=O) groups is 2. The third-order valence-corrected chi connectivity index (χ3v) is 4.54. The Labute approximate surface area is 285 Å². The van der Waals surface area contributed by atoms with Crippen molar-refractivity contribution in [2.45, 2.75) is 13.8 Å². The van der Waals surface area contributed by atoms with Crippen LogP contribution in [-0.2, 0) is 0 Å². The van der Waals surface area contributed by atoms with Crippen LogP contribution in [0.5, 0.6) is 5.75 Å². The quantitative estimate of drug-likeness (QED) is 0.127. The van der Waals surface area contributed by atoms with Crippen molar-refractivity contribution >= 4 is 17.4 Å². The van der Waals surface area contributed by atoms with Gasteiger partial charge in [0, 0.05) is 73.4 Å². The van der Waals surface area contributed by atoms with Gasteiger partial charge in [-0.25, -0.2) is 4.79 Å². The van der Waals surface area contributed by atoms with Gasteiger partial charge in [0.2, 0.25) is 5.78 Å². The Morgan fingerprint density at radius 3 is 1.44 bits per heavy atom. The fraction of sp³-hybridized carbons (Fsp3) is 0.0769. The normalized spacial score (nSPS) is 6.95. The minimum atomic E-state index is -0.532. The molecule has 4 heteroatoms. The van der Waals surface area contributed by atoms with Gasteiger partial charge in [0.15, 0.2) is 0 Å². The van der Waals surface area contributed by atoms with Crippen LogP contribution in [0.2, 0.25) is 0 Å². The van der Waals surface area contributed by atoms with Crippen LogP contribution in [0.25, 0.3) is 0 Å². The van der Waals surface area contributed by atoms with E-state index in [1.165, 1.54) is 24.3 Å². The minimum Gasteiger partial charge on any atom is -0.423 e. The molecule has 240 valence electrons. The van der Waals surface area contributed by atoms with E-state index < -0.39 is 11.8 Å². The number of hydrogen-bond donors (Lipinski definition) is 1. The molecule has 0 radical (unpaired) electrons. The molecule has 0 fully saturated rings. The van der Waals surface area contributed by atoms with Crippen molar-refractivity contribution in [3.63, 3.8) is 0 Å². The van der Waals surface area contributed by atoms with Crippen LogP contribution in [0.15, 0.2) is 42.5 Å². The van der Waals surface area contributed by atoms with Crippen molar-refractivity contribution in [1.29, 1.82) is 0 Å². The van der Waals surface area contributed by atoms with E-state index in [0.717, 1.165) is 11.3 Å². The molecule has 0 heterocycles. The molecule has 0 saturated heterocycles.